The van der Waals surface area contributed by atoms with Crippen LogP contribution in [0.2, 0.25) is 0 Å². The molecule has 0 aliphatic carbocycles. The zero-order valence-electron chi connectivity index (χ0n) is 9.06. The van der Waals surface area contributed by atoms with Crippen LogP contribution in [0.25, 0.3) is 0 Å². The third kappa shape index (κ3) is 4.53. The molecule has 4 heteroatoms. The topological polar surface area (TPSA) is 15.3 Å². The SMILES string of the molecule is CN(C)CCCNc1c(Br)cccc1Br. The fourth-order valence-corrected chi connectivity index (χ4v) is 2.55. The Morgan fingerprint density at radius 3 is 2.33 bits per heavy atom. The van der Waals surface area contributed by atoms with Gasteiger partial charge in [0.1, 0.15) is 0 Å². The van der Waals surface area contributed by atoms with Crippen LogP contribution in [-0.4, -0.2) is 32.1 Å². The van der Waals surface area contributed by atoms with Gasteiger partial charge in [0.05, 0.1) is 5.69 Å². The average Bonchev–Trinajstić information content (AvgIpc) is 2.15. The number of benzene rings is 1. The minimum absolute atomic E-state index is 0.986. The molecule has 0 saturated heterocycles. The standard InChI is InChI=1S/C11H16Br2N2/c1-15(2)8-4-7-14-11-9(12)5-3-6-10(11)13/h3,5-6,14H,4,7-8H2,1-2H3. The number of hydrogen-bond acceptors (Lipinski definition) is 2. The quantitative estimate of drug-likeness (QED) is 0.827. The number of anilines is 1. The molecule has 0 aliphatic rings. The van der Waals surface area contributed by atoms with E-state index in [1.54, 1.807) is 0 Å². The molecular formula is C11H16Br2N2. The van der Waals surface area contributed by atoms with Crippen LogP contribution in [0, 0.1) is 0 Å². The number of hydrogen-bond donors (Lipinski definition) is 1. The summed E-state index contributed by atoms with van der Waals surface area (Å²) in [5.74, 6) is 0. The molecule has 15 heavy (non-hydrogen) atoms. The van der Waals surface area contributed by atoms with Crippen LogP contribution in [0.1, 0.15) is 6.42 Å². The number of nitrogens with zero attached hydrogens (tertiary/aromatic N) is 1. The molecule has 0 spiro atoms. The molecule has 0 heterocycles. The van der Waals surface area contributed by atoms with Crippen molar-refractivity contribution in [3.05, 3.63) is 27.1 Å². The van der Waals surface area contributed by atoms with Crippen LogP contribution in [0.5, 0.6) is 0 Å². The van der Waals surface area contributed by atoms with E-state index in [9.17, 15) is 0 Å². The first-order chi connectivity index (χ1) is 7.11. The zero-order valence-corrected chi connectivity index (χ0v) is 12.2. The smallest absolute Gasteiger partial charge is 0.0628 e. The molecule has 1 N–H and O–H groups in total. The first-order valence-electron chi connectivity index (χ1n) is 4.94. The fourth-order valence-electron chi connectivity index (χ4n) is 1.28. The largest absolute Gasteiger partial charge is 0.383 e. The lowest BCUT2D eigenvalue weighted by Gasteiger charge is -2.12. The Bertz CT molecular complexity index is 293. The molecule has 1 aromatic rings. The van der Waals surface area contributed by atoms with E-state index in [0.717, 1.165) is 34.1 Å². The molecule has 0 unspecified atom stereocenters. The van der Waals surface area contributed by atoms with E-state index in [0.29, 0.717) is 0 Å². The van der Waals surface area contributed by atoms with Crippen LogP contribution in [-0.2, 0) is 0 Å². The summed E-state index contributed by atoms with van der Waals surface area (Å²) in [6.45, 7) is 2.09. The first-order valence-corrected chi connectivity index (χ1v) is 6.52. The molecule has 0 aliphatic heterocycles. The van der Waals surface area contributed by atoms with Gasteiger partial charge in [0, 0.05) is 15.5 Å². The van der Waals surface area contributed by atoms with E-state index >= 15 is 0 Å². The summed E-state index contributed by atoms with van der Waals surface area (Å²) in [5.41, 5.74) is 1.14. The van der Waals surface area contributed by atoms with Crippen molar-refractivity contribution in [3.8, 4) is 0 Å². The van der Waals surface area contributed by atoms with Crippen molar-refractivity contribution in [2.75, 3.05) is 32.5 Å². The van der Waals surface area contributed by atoms with Crippen LogP contribution in [0.15, 0.2) is 27.1 Å². The highest BCUT2D eigenvalue weighted by Crippen LogP contribution is 2.30. The van der Waals surface area contributed by atoms with Gasteiger partial charge in [0.25, 0.3) is 0 Å². The fraction of sp³-hybridized carbons (Fsp3) is 0.455. The van der Waals surface area contributed by atoms with Crippen molar-refractivity contribution in [1.82, 2.24) is 4.90 Å². The molecular weight excluding hydrogens is 320 g/mol. The summed E-state index contributed by atoms with van der Waals surface area (Å²) in [7, 11) is 4.18. The van der Waals surface area contributed by atoms with Crippen LogP contribution in [0.3, 0.4) is 0 Å². The van der Waals surface area contributed by atoms with Crippen molar-refractivity contribution in [1.29, 1.82) is 0 Å². The van der Waals surface area contributed by atoms with Gasteiger partial charge in [-0.05, 0) is 71.1 Å². The minimum Gasteiger partial charge on any atom is -0.383 e. The van der Waals surface area contributed by atoms with Crippen LogP contribution >= 0.6 is 31.9 Å². The third-order valence-corrected chi connectivity index (χ3v) is 3.37. The molecule has 84 valence electrons. The number of para-hydroxylation sites is 1. The summed E-state index contributed by atoms with van der Waals surface area (Å²) in [5, 5.41) is 3.42. The van der Waals surface area contributed by atoms with Gasteiger partial charge >= 0.3 is 0 Å². The number of halogens is 2. The molecule has 0 atom stereocenters. The first kappa shape index (κ1) is 13.0. The Morgan fingerprint density at radius 1 is 1.20 bits per heavy atom. The van der Waals surface area contributed by atoms with Gasteiger partial charge in [-0.1, -0.05) is 6.07 Å². The Balaban J connectivity index is 2.43. The summed E-state index contributed by atoms with van der Waals surface area (Å²) >= 11 is 7.05. The van der Waals surface area contributed by atoms with Gasteiger partial charge in [-0.3, -0.25) is 0 Å². The molecule has 2 nitrogen and oxygen atoms in total. The van der Waals surface area contributed by atoms with Gasteiger partial charge in [-0.15, -0.1) is 0 Å². The maximum atomic E-state index is 3.53. The van der Waals surface area contributed by atoms with E-state index in [1.807, 2.05) is 18.2 Å². The van der Waals surface area contributed by atoms with Crippen molar-refractivity contribution in [2.45, 2.75) is 6.42 Å². The second-order valence-corrected chi connectivity index (χ2v) is 5.39. The molecule has 0 amide bonds. The monoisotopic (exact) mass is 334 g/mol. The van der Waals surface area contributed by atoms with E-state index in [-0.39, 0.29) is 0 Å². The Hall–Kier alpha value is -0.0600. The summed E-state index contributed by atoms with van der Waals surface area (Å²) in [6.07, 6.45) is 1.14. The Morgan fingerprint density at radius 2 is 1.80 bits per heavy atom. The van der Waals surface area contributed by atoms with Crippen molar-refractivity contribution in [2.24, 2.45) is 0 Å². The highest BCUT2D eigenvalue weighted by Gasteiger charge is 2.02. The van der Waals surface area contributed by atoms with E-state index < -0.39 is 0 Å². The maximum absolute atomic E-state index is 3.53. The van der Waals surface area contributed by atoms with Gasteiger partial charge in [0.2, 0.25) is 0 Å². The average molecular weight is 336 g/mol. The van der Waals surface area contributed by atoms with E-state index in [4.69, 9.17) is 0 Å². The molecule has 0 radical (unpaired) electrons. The summed E-state index contributed by atoms with van der Waals surface area (Å²) < 4.78 is 2.20. The zero-order chi connectivity index (χ0) is 11.3. The molecule has 1 rings (SSSR count). The third-order valence-electron chi connectivity index (χ3n) is 2.05. The summed E-state index contributed by atoms with van der Waals surface area (Å²) in [4.78, 5) is 2.19. The van der Waals surface area contributed by atoms with Gasteiger partial charge < -0.3 is 10.2 Å². The Labute approximate surface area is 108 Å². The lowest BCUT2D eigenvalue weighted by Crippen LogP contribution is -2.16. The van der Waals surface area contributed by atoms with Gasteiger partial charge in [0.15, 0.2) is 0 Å². The lowest BCUT2D eigenvalue weighted by atomic mass is 10.3. The number of rotatable bonds is 5. The molecule has 1 aromatic carbocycles. The van der Waals surface area contributed by atoms with Crippen molar-refractivity contribution < 1.29 is 0 Å². The summed E-state index contributed by atoms with van der Waals surface area (Å²) in [6, 6.07) is 6.09. The van der Waals surface area contributed by atoms with Gasteiger partial charge in [-0.25, -0.2) is 0 Å². The molecule has 0 fully saturated rings. The normalized spacial score (nSPS) is 10.7. The van der Waals surface area contributed by atoms with E-state index in [2.05, 4.69) is 56.2 Å². The van der Waals surface area contributed by atoms with Gasteiger partial charge in [-0.2, -0.15) is 0 Å². The Kier molecular flexibility index (Phi) is 5.64. The lowest BCUT2D eigenvalue weighted by molar-refractivity contribution is 0.405. The maximum Gasteiger partial charge on any atom is 0.0628 e. The number of nitrogens with one attached hydrogen (secondary N) is 1. The van der Waals surface area contributed by atoms with E-state index in [1.165, 1.54) is 0 Å². The predicted octanol–water partition coefficient (Wildman–Crippen LogP) is 3.58. The second kappa shape index (κ2) is 6.51. The molecule has 0 aromatic heterocycles. The van der Waals surface area contributed by atoms with Crippen LogP contribution < -0.4 is 5.32 Å². The molecule has 0 saturated carbocycles. The molecule has 0 bridgehead atoms. The van der Waals surface area contributed by atoms with Crippen LogP contribution in [0.4, 0.5) is 5.69 Å². The second-order valence-electron chi connectivity index (χ2n) is 3.68. The highest BCUT2D eigenvalue weighted by molar-refractivity contribution is 9.11. The minimum atomic E-state index is 0.986. The predicted molar refractivity (Wildman–Crippen MR) is 73.5 cm³/mol. The van der Waals surface area contributed by atoms with Crippen molar-refractivity contribution in [3.63, 3.8) is 0 Å². The highest BCUT2D eigenvalue weighted by atomic mass is 79.9. The van der Waals surface area contributed by atoms with Crippen molar-refractivity contribution >= 4 is 37.5 Å².